The van der Waals surface area contributed by atoms with E-state index in [-0.39, 0.29) is 0 Å². The molecule has 0 bridgehead atoms. The lowest BCUT2D eigenvalue weighted by atomic mass is 9.89. The van der Waals surface area contributed by atoms with Crippen LogP contribution < -0.4 is 5.32 Å². The zero-order valence-electron chi connectivity index (χ0n) is 12.0. The molecule has 17 heavy (non-hydrogen) atoms. The molecule has 0 saturated heterocycles. The van der Waals surface area contributed by atoms with Crippen molar-refractivity contribution in [3.63, 3.8) is 0 Å². The highest BCUT2D eigenvalue weighted by molar-refractivity contribution is 5.28. The second-order valence-corrected chi connectivity index (χ2v) is 5.21. The molecule has 0 spiro atoms. The monoisotopic (exact) mass is 233 g/mol. The number of aryl methyl sites for hydroxylation is 2. The highest BCUT2D eigenvalue weighted by Gasteiger charge is 2.15. The van der Waals surface area contributed by atoms with E-state index in [4.69, 9.17) is 0 Å². The average Bonchev–Trinajstić information content (AvgIpc) is 2.24. The first kappa shape index (κ1) is 14.2. The fraction of sp³-hybridized carbons (Fsp3) is 0.625. The molecule has 0 aliphatic heterocycles. The molecule has 2 unspecified atom stereocenters. The van der Waals surface area contributed by atoms with E-state index in [0.717, 1.165) is 12.5 Å². The molecular formula is C16H27N. The molecule has 0 saturated carbocycles. The molecule has 0 heterocycles. The van der Waals surface area contributed by atoms with Crippen LogP contribution in [0.1, 0.15) is 43.9 Å². The fourth-order valence-electron chi connectivity index (χ4n) is 2.65. The Morgan fingerprint density at radius 3 is 2.12 bits per heavy atom. The van der Waals surface area contributed by atoms with Gasteiger partial charge in [0.25, 0.3) is 0 Å². The molecule has 1 aromatic carbocycles. The molecule has 1 N–H and O–H groups in total. The van der Waals surface area contributed by atoms with Crippen molar-refractivity contribution in [2.75, 3.05) is 6.54 Å². The molecule has 1 nitrogen and oxygen atoms in total. The van der Waals surface area contributed by atoms with E-state index >= 15 is 0 Å². The molecule has 0 aromatic heterocycles. The van der Waals surface area contributed by atoms with Crippen LogP contribution in [0, 0.1) is 19.8 Å². The highest BCUT2D eigenvalue weighted by atomic mass is 14.9. The van der Waals surface area contributed by atoms with E-state index in [1.54, 1.807) is 0 Å². The smallest absolute Gasteiger partial charge is 0.00699 e. The number of rotatable bonds is 6. The molecule has 2 atom stereocenters. The minimum absolute atomic E-state index is 0.603. The van der Waals surface area contributed by atoms with Crippen molar-refractivity contribution in [3.05, 3.63) is 34.9 Å². The number of hydrogen-bond donors (Lipinski definition) is 1. The maximum Gasteiger partial charge on any atom is 0.00699 e. The first-order valence-electron chi connectivity index (χ1n) is 6.87. The summed E-state index contributed by atoms with van der Waals surface area (Å²) in [6.07, 6.45) is 2.42. The van der Waals surface area contributed by atoms with Crippen LogP contribution in [0.2, 0.25) is 0 Å². The van der Waals surface area contributed by atoms with Gasteiger partial charge in [0.05, 0.1) is 0 Å². The van der Waals surface area contributed by atoms with Gasteiger partial charge in [0, 0.05) is 6.04 Å². The van der Waals surface area contributed by atoms with Crippen molar-refractivity contribution < 1.29 is 0 Å². The predicted molar refractivity (Wildman–Crippen MR) is 76.5 cm³/mol. The summed E-state index contributed by atoms with van der Waals surface area (Å²) < 4.78 is 0. The van der Waals surface area contributed by atoms with Crippen molar-refractivity contribution in [3.8, 4) is 0 Å². The van der Waals surface area contributed by atoms with E-state index in [0.29, 0.717) is 6.04 Å². The summed E-state index contributed by atoms with van der Waals surface area (Å²) in [5.41, 5.74) is 4.25. The Morgan fingerprint density at radius 2 is 1.65 bits per heavy atom. The van der Waals surface area contributed by atoms with Crippen LogP contribution in [0.3, 0.4) is 0 Å². The van der Waals surface area contributed by atoms with E-state index in [1.807, 2.05) is 0 Å². The van der Waals surface area contributed by atoms with Gasteiger partial charge in [-0.15, -0.1) is 0 Å². The lowest BCUT2D eigenvalue weighted by Gasteiger charge is -2.23. The third-order valence-corrected chi connectivity index (χ3v) is 3.54. The third-order valence-electron chi connectivity index (χ3n) is 3.54. The van der Waals surface area contributed by atoms with Crippen molar-refractivity contribution in [2.45, 2.75) is 53.5 Å². The number of benzene rings is 1. The summed E-state index contributed by atoms with van der Waals surface area (Å²) >= 11 is 0. The number of hydrogen-bond acceptors (Lipinski definition) is 1. The fourth-order valence-corrected chi connectivity index (χ4v) is 2.65. The lowest BCUT2D eigenvalue weighted by molar-refractivity contribution is 0.368. The molecule has 0 amide bonds. The molecule has 1 rings (SSSR count). The van der Waals surface area contributed by atoms with Crippen LogP contribution in [0.15, 0.2) is 18.2 Å². The van der Waals surface area contributed by atoms with E-state index in [2.05, 4.69) is 58.1 Å². The second-order valence-electron chi connectivity index (χ2n) is 5.21. The second kappa shape index (κ2) is 6.80. The van der Waals surface area contributed by atoms with Gasteiger partial charge in [0.2, 0.25) is 0 Å². The Hall–Kier alpha value is -0.820. The van der Waals surface area contributed by atoms with Crippen molar-refractivity contribution in [1.29, 1.82) is 0 Å². The van der Waals surface area contributed by atoms with E-state index < -0.39 is 0 Å². The van der Waals surface area contributed by atoms with Crippen molar-refractivity contribution >= 4 is 0 Å². The molecule has 1 aromatic rings. The van der Waals surface area contributed by atoms with E-state index in [9.17, 15) is 0 Å². The summed E-state index contributed by atoms with van der Waals surface area (Å²) in [4.78, 5) is 0. The Morgan fingerprint density at radius 1 is 1.06 bits per heavy atom. The van der Waals surface area contributed by atoms with Crippen LogP contribution in [-0.4, -0.2) is 12.6 Å². The maximum absolute atomic E-state index is 3.55. The van der Waals surface area contributed by atoms with Crippen molar-refractivity contribution in [1.82, 2.24) is 5.32 Å². The van der Waals surface area contributed by atoms with Gasteiger partial charge in [-0.05, 0) is 45.2 Å². The summed E-state index contributed by atoms with van der Waals surface area (Å²) in [5, 5.41) is 3.55. The Kier molecular flexibility index (Phi) is 5.70. The largest absolute Gasteiger partial charge is 0.314 e. The van der Waals surface area contributed by atoms with Crippen LogP contribution >= 0.6 is 0 Å². The Bertz CT molecular complexity index is 323. The lowest BCUT2D eigenvalue weighted by Crippen LogP contribution is -2.34. The summed E-state index contributed by atoms with van der Waals surface area (Å²) in [7, 11) is 0. The van der Waals surface area contributed by atoms with Gasteiger partial charge in [-0.25, -0.2) is 0 Å². The number of nitrogens with one attached hydrogen (secondary N) is 1. The molecule has 0 aliphatic rings. The quantitative estimate of drug-likeness (QED) is 0.786. The first-order valence-corrected chi connectivity index (χ1v) is 6.87. The van der Waals surface area contributed by atoms with Gasteiger partial charge in [-0.2, -0.15) is 0 Å². The predicted octanol–water partition coefficient (Wildman–Crippen LogP) is 3.87. The minimum atomic E-state index is 0.603. The molecule has 0 radical (unpaired) electrons. The zero-order valence-corrected chi connectivity index (χ0v) is 12.0. The molecular weight excluding hydrogens is 206 g/mol. The zero-order chi connectivity index (χ0) is 12.8. The molecule has 0 aliphatic carbocycles. The van der Waals surface area contributed by atoms with Gasteiger partial charge >= 0.3 is 0 Å². The van der Waals surface area contributed by atoms with E-state index in [1.165, 1.54) is 29.5 Å². The topological polar surface area (TPSA) is 12.0 Å². The van der Waals surface area contributed by atoms with Crippen LogP contribution in [0.5, 0.6) is 0 Å². The third kappa shape index (κ3) is 4.51. The van der Waals surface area contributed by atoms with Crippen LogP contribution in [0.25, 0.3) is 0 Å². The molecule has 96 valence electrons. The van der Waals surface area contributed by atoms with Gasteiger partial charge in [0.1, 0.15) is 0 Å². The Balaban J connectivity index is 2.73. The Labute approximate surface area is 107 Å². The summed E-state index contributed by atoms with van der Waals surface area (Å²) in [6, 6.07) is 7.51. The van der Waals surface area contributed by atoms with Gasteiger partial charge < -0.3 is 5.32 Å². The van der Waals surface area contributed by atoms with Gasteiger partial charge in [0.15, 0.2) is 0 Å². The van der Waals surface area contributed by atoms with Crippen LogP contribution in [0.4, 0.5) is 0 Å². The summed E-state index contributed by atoms with van der Waals surface area (Å²) in [6.45, 7) is 12.2. The molecule has 0 fully saturated rings. The maximum atomic E-state index is 3.55. The van der Waals surface area contributed by atoms with Crippen molar-refractivity contribution in [2.24, 2.45) is 5.92 Å². The van der Waals surface area contributed by atoms with Gasteiger partial charge in [-0.3, -0.25) is 0 Å². The average molecular weight is 233 g/mol. The molecule has 1 heteroatoms. The van der Waals surface area contributed by atoms with Crippen LogP contribution in [-0.2, 0) is 6.42 Å². The first-order chi connectivity index (χ1) is 8.06. The normalized spacial score (nSPS) is 14.6. The van der Waals surface area contributed by atoms with Gasteiger partial charge in [-0.1, -0.05) is 49.6 Å². The highest BCUT2D eigenvalue weighted by Crippen LogP contribution is 2.18. The summed E-state index contributed by atoms with van der Waals surface area (Å²) in [5.74, 6) is 0.733. The standard InChI is InChI=1S/C16H27N/c1-6-16(14(5)17-7-2)11-15-9-12(3)8-13(4)10-15/h8-10,14,16-17H,6-7,11H2,1-5H3. The SMILES string of the molecule is CCNC(C)C(CC)Cc1cc(C)cc(C)c1. The minimum Gasteiger partial charge on any atom is -0.314 e.